The Bertz CT molecular complexity index is 1820. The van der Waals surface area contributed by atoms with Crippen LogP contribution in [0.4, 0.5) is 0 Å². The molecule has 0 radical (unpaired) electrons. The largest absolute Gasteiger partial charge is 0.497 e. The molecular formula is C40H44N4O4. The predicted octanol–water partition coefficient (Wildman–Crippen LogP) is 7.02. The van der Waals surface area contributed by atoms with Crippen molar-refractivity contribution in [2.24, 2.45) is 11.3 Å². The SMILES string of the molecule is COc1ccc(CC2(CCN3CCC(C(=O)c4nc5ccccc5n4Cc4ccco4)CC3)CCCN(Cc3ccccc3)C2=O)cc1. The Hall–Kier alpha value is -4.69. The molecule has 0 bridgehead atoms. The number of amides is 1. The molecular weight excluding hydrogens is 600 g/mol. The summed E-state index contributed by atoms with van der Waals surface area (Å²) in [4.78, 5) is 37.7. The molecule has 0 saturated carbocycles. The van der Waals surface area contributed by atoms with Gasteiger partial charge >= 0.3 is 0 Å². The normalized spacial score (nSPS) is 19.2. The third-order valence-electron chi connectivity index (χ3n) is 10.4. The Morgan fingerprint density at radius 1 is 0.896 bits per heavy atom. The second kappa shape index (κ2) is 14.2. The van der Waals surface area contributed by atoms with E-state index >= 15 is 0 Å². The predicted molar refractivity (Wildman–Crippen MR) is 186 cm³/mol. The van der Waals surface area contributed by atoms with Crippen LogP contribution < -0.4 is 4.74 Å². The van der Waals surface area contributed by atoms with E-state index in [2.05, 4.69) is 34.1 Å². The number of hydrogen-bond acceptors (Lipinski definition) is 6. The first-order valence-corrected chi connectivity index (χ1v) is 17.2. The van der Waals surface area contributed by atoms with Crippen molar-refractivity contribution in [2.45, 2.75) is 51.6 Å². The summed E-state index contributed by atoms with van der Waals surface area (Å²) in [6, 6.07) is 30.2. The van der Waals surface area contributed by atoms with E-state index in [4.69, 9.17) is 14.1 Å². The van der Waals surface area contributed by atoms with E-state index in [1.165, 1.54) is 0 Å². The highest BCUT2D eigenvalue weighted by Gasteiger charge is 2.44. The van der Waals surface area contributed by atoms with Crippen molar-refractivity contribution in [1.29, 1.82) is 0 Å². The number of imidazole rings is 1. The van der Waals surface area contributed by atoms with E-state index in [0.29, 0.717) is 25.3 Å². The van der Waals surface area contributed by atoms with Crippen molar-refractivity contribution in [3.05, 3.63) is 120 Å². The second-order valence-electron chi connectivity index (χ2n) is 13.4. The molecule has 248 valence electrons. The third kappa shape index (κ3) is 6.81. The summed E-state index contributed by atoms with van der Waals surface area (Å²) in [6.45, 7) is 4.39. The molecule has 4 heterocycles. The molecule has 3 aromatic carbocycles. The van der Waals surface area contributed by atoms with E-state index in [-0.39, 0.29) is 17.6 Å². The minimum absolute atomic E-state index is 0.0839. The summed E-state index contributed by atoms with van der Waals surface area (Å²) < 4.78 is 13.0. The second-order valence-corrected chi connectivity index (χ2v) is 13.4. The van der Waals surface area contributed by atoms with Crippen LogP contribution in [0.1, 0.15) is 59.6 Å². The first kappa shape index (κ1) is 31.9. The van der Waals surface area contributed by atoms with Crippen LogP contribution in [0.25, 0.3) is 11.0 Å². The monoisotopic (exact) mass is 644 g/mol. The quantitative estimate of drug-likeness (QED) is 0.136. The zero-order valence-corrected chi connectivity index (χ0v) is 27.7. The van der Waals surface area contributed by atoms with E-state index in [9.17, 15) is 9.59 Å². The van der Waals surface area contributed by atoms with Crippen molar-refractivity contribution in [2.75, 3.05) is 33.3 Å². The lowest BCUT2D eigenvalue weighted by Gasteiger charge is -2.43. The number of hydrogen-bond donors (Lipinski definition) is 0. The summed E-state index contributed by atoms with van der Waals surface area (Å²) in [7, 11) is 1.68. The number of benzene rings is 3. The van der Waals surface area contributed by atoms with Gasteiger partial charge in [-0.2, -0.15) is 0 Å². The van der Waals surface area contributed by atoms with Gasteiger partial charge in [-0.25, -0.2) is 4.98 Å². The standard InChI is InChI=1S/C40H44N4O4/c1-47-33-16-14-30(15-17-33)27-40(20-8-22-43(39(40)46)28-31-9-3-2-4-10-31)21-25-42-23-18-32(19-24-42)37(45)38-41-35-12-5-6-13-36(35)44(38)29-34-11-7-26-48-34/h2-7,9-17,26,32H,8,18-25,27-29H2,1H3. The number of furan rings is 1. The molecule has 0 aliphatic carbocycles. The van der Waals surface area contributed by atoms with E-state index in [1.807, 2.05) is 71.3 Å². The van der Waals surface area contributed by atoms with Gasteiger partial charge < -0.3 is 23.5 Å². The van der Waals surface area contributed by atoms with Crippen LogP contribution in [0, 0.1) is 11.3 Å². The van der Waals surface area contributed by atoms with Gasteiger partial charge in [-0.1, -0.05) is 54.6 Å². The van der Waals surface area contributed by atoms with Gasteiger partial charge in [-0.05, 0) is 106 Å². The number of nitrogens with zero attached hydrogens (tertiary/aromatic N) is 4. The molecule has 2 aromatic heterocycles. The Labute approximate surface area is 282 Å². The van der Waals surface area contributed by atoms with Crippen molar-refractivity contribution < 1.29 is 18.7 Å². The molecule has 2 aliphatic heterocycles. The van der Waals surface area contributed by atoms with Gasteiger partial charge in [-0.3, -0.25) is 9.59 Å². The maximum absolute atomic E-state index is 14.4. The van der Waals surface area contributed by atoms with Gasteiger partial charge in [0.25, 0.3) is 0 Å². The molecule has 2 fully saturated rings. The van der Waals surface area contributed by atoms with Crippen molar-refractivity contribution in [1.82, 2.24) is 19.4 Å². The summed E-state index contributed by atoms with van der Waals surface area (Å²) in [6.07, 6.45) is 6.59. The number of Topliss-reactive ketones (excluding diaryl/α,β-unsaturated/α-hetero) is 1. The lowest BCUT2D eigenvalue weighted by molar-refractivity contribution is -0.148. The van der Waals surface area contributed by atoms with Crippen molar-refractivity contribution in [3.63, 3.8) is 0 Å². The smallest absolute Gasteiger partial charge is 0.229 e. The number of para-hydroxylation sites is 2. The Balaban J connectivity index is 1.04. The van der Waals surface area contributed by atoms with Crippen LogP contribution in [0.2, 0.25) is 0 Å². The summed E-state index contributed by atoms with van der Waals surface area (Å²) >= 11 is 0. The zero-order chi connectivity index (χ0) is 32.9. The molecule has 0 spiro atoms. The molecule has 2 saturated heterocycles. The molecule has 1 amide bonds. The van der Waals surface area contributed by atoms with Gasteiger partial charge in [-0.15, -0.1) is 0 Å². The first-order valence-electron chi connectivity index (χ1n) is 17.2. The fourth-order valence-electron chi connectivity index (χ4n) is 7.68. The topological polar surface area (TPSA) is 80.8 Å². The molecule has 48 heavy (non-hydrogen) atoms. The highest BCUT2D eigenvalue weighted by Crippen LogP contribution is 2.40. The lowest BCUT2D eigenvalue weighted by atomic mass is 9.71. The molecule has 7 rings (SSSR count). The molecule has 1 atom stereocenters. The van der Waals surface area contributed by atoms with Gasteiger partial charge in [0.05, 0.1) is 36.4 Å². The average molecular weight is 645 g/mol. The number of ether oxygens (including phenoxy) is 1. The molecule has 5 aromatic rings. The molecule has 2 aliphatic rings. The van der Waals surface area contributed by atoms with Crippen LogP contribution in [0.15, 0.2) is 102 Å². The van der Waals surface area contributed by atoms with Crippen LogP contribution in [0.3, 0.4) is 0 Å². The van der Waals surface area contributed by atoms with Gasteiger partial charge in [0.1, 0.15) is 11.5 Å². The molecule has 0 N–H and O–H groups in total. The third-order valence-corrected chi connectivity index (χ3v) is 10.4. The maximum Gasteiger partial charge on any atom is 0.229 e. The van der Waals surface area contributed by atoms with E-state index in [1.54, 1.807) is 13.4 Å². The summed E-state index contributed by atoms with van der Waals surface area (Å²) in [5.74, 6) is 2.41. The number of carbonyl (C=O) groups is 2. The minimum Gasteiger partial charge on any atom is -0.497 e. The zero-order valence-electron chi connectivity index (χ0n) is 27.7. The molecule has 8 heteroatoms. The van der Waals surface area contributed by atoms with Crippen LogP contribution >= 0.6 is 0 Å². The number of ketones is 1. The maximum atomic E-state index is 14.4. The van der Waals surface area contributed by atoms with E-state index in [0.717, 1.165) is 92.0 Å². The highest BCUT2D eigenvalue weighted by atomic mass is 16.5. The van der Waals surface area contributed by atoms with E-state index < -0.39 is 5.41 Å². The minimum atomic E-state index is -0.467. The Kier molecular flexibility index (Phi) is 9.43. The number of rotatable bonds is 12. The lowest BCUT2D eigenvalue weighted by Crippen LogP contribution is -2.51. The van der Waals surface area contributed by atoms with Crippen LogP contribution in [0.5, 0.6) is 5.75 Å². The number of fused-ring (bicyclic) bond motifs is 1. The fraction of sp³-hybridized carbons (Fsp3) is 0.375. The number of carbonyl (C=O) groups excluding carboxylic acids is 2. The molecule has 1 unspecified atom stereocenters. The van der Waals surface area contributed by atoms with Crippen molar-refractivity contribution >= 4 is 22.7 Å². The fourth-order valence-corrected chi connectivity index (χ4v) is 7.68. The summed E-state index contributed by atoms with van der Waals surface area (Å²) in [5.41, 5.74) is 3.62. The van der Waals surface area contributed by atoms with Gasteiger partial charge in [0.15, 0.2) is 5.82 Å². The van der Waals surface area contributed by atoms with Gasteiger partial charge in [0.2, 0.25) is 11.7 Å². The molecule has 8 nitrogen and oxygen atoms in total. The number of likely N-dealkylation sites (tertiary alicyclic amines) is 2. The van der Waals surface area contributed by atoms with Crippen molar-refractivity contribution in [3.8, 4) is 5.75 Å². The number of methoxy groups -OCH3 is 1. The van der Waals surface area contributed by atoms with Crippen LogP contribution in [-0.4, -0.2) is 64.3 Å². The summed E-state index contributed by atoms with van der Waals surface area (Å²) in [5, 5.41) is 0. The van der Waals surface area contributed by atoms with Crippen LogP contribution in [-0.2, 0) is 24.3 Å². The average Bonchev–Trinajstić information content (AvgIpc) is 3.78. The Morgan fingerprint density at radius 3 is 2.42 bits per heavy atom. The number of aromatic nitrogens is 2. The Morgan fingerprint density at radius 2 is 1.67 bits per heavy atom. The van der Waals surface area contributed by atoms with Gasteiger partial charge in [0, 0.05) is 19.0 Å². The highest BCUT2D eigenvalue weighted by molar-refractivity contribution is 5.98. The first-order chi connectivity index (χ1) is 23.5. The number of piperidine rings is 2.